The van der Waals surface area contributed by atoms with Crippen LogP contribution >= 0.6 is 11.6 Å². The van der Waals surface area contributed by atoms with Gasteiger partial charge in [-0.15, -0.1) is 0 Å². The van der Waals surface area contributed by atoms with Crippen LogP contribution in [0.15, 0.2) is 18.2 Å². The highest BCUT2D eigenvalue weighted by Gasteiger charge is 2.24. The van der Waals surface area contributed by atoms with E-state index >= 15 is 0 Å². The minimum absolute atomic E-state index is 0.115. The standard InChI is InChI=1S/C15H20ClFN2O4S/c1-23-19-6-4-11(5-7-19)8-15(20)18-24(21,22)10-12-9-13(17)2-3-14(12)16/h2-3,9,11H,4-8,10H2,1H3,(H,18,20). The lowest BCUT2D eigenvalue weighted by atomic mass is 9.94. The van der Waals surface area contributed by atoms with Gasteiger partial charge in [-0.25, -0.2) is 12.8 Å². The Morgan fingerprint density at radius 2 is 2.08 bits per heavy atom. The molecule has 0 aliphatic carbocycles. The maximum Gasteiger partial charge on any atom is 0.239 e. The van der Waals surface area contributed by atoms with E-state index in [1.165, 1.54) is 6.07 Å². The summed E-state index contributed by atoms with van der Waals surface area (Å²) in [5, 5.41) is 1.94. The second-order valence-electron chi connectivity index (χ2n) is 5.78. The van der Waals surface area contributed by atoms with Gasteiger partial charge in [0, 0.05) is 24.5 Å². The van der Waals surface area contributed by atoms with Crippen molar-refractivity contribution in [2.45, 2.75) is 25.0 Å². The van der Waals surface area contributed by atoms with E-state index in [1.807, 2.05) is 4.72 Å². The Morgan fingerprint density at radius 3 is 2.71 bits per heavy atom. The van der Waals surface area contributed by atoms with Gasteiger partial charge in [0.05, 0.1) is 12.9 Å². The van der Waals surface area contributed by atoms with E-state index in [9.17, 15) is 17.6 Å². The SMILES string of the molecule is CON1CCC(CC(=O)NS(=O)(=O)Cc2cc(F)ccc2Cl)CC1. The summed E-state index contributed by atoms with van der Waals surface area (Å²) >= 11 is 5.86. The minimum Gasteiger partial charge on any atom is -0.302 e. The van der Waals surface area contributed by atoms with Crippen molar-refractivity contribution in [2.24, 2.45) is 5.92 Å². The molecule has 1 aliphatic heterocycles. The average molecular weight is 379 g/mol. The molecule has 0 atom stereocenters. The largest absolute Gasteiger partial charge is 0.302 e. The first-order valence-corrected chi connectivity index (χ1v) is 9.58. The predicted molar refractivity (Wildman–Crippen MR) is 88.1 cm³/mol. The van der Waals surface area contributed by atoms with Crippen LogP contribution in [-0.2, 0) is 25.4 Å². The molecule has 9 heteroatoms. The molecule has 1 fully saturated rings. The molecule has 0 spiro atoms. The van der Waals surface area contributed by atoms with Gasteiger partial charge in [0.2, 0.25) is 15.9 Å². The lowest BCUT2D eigenvalue weighted by Crippen LogP contribution is -2.37. The number of piperidine rings is 1. The van der Waals surface area contributed by atoms with Crippen LogP contribution < -0.4 is 4.72 Å². The smallest absolute Gasteiger partial charge is 0.239 e. The lowest BCUT2D eigenvalue weighted by Gasteiger charge is -2.29. The number of hydrogen-bond acceptors (Lipinski definition) is 5. The van der Waals surface area contributed by atoms with E-state index in [-0.39, 0.29) is 22.9 Å². The molecule has 0 aromatic heterocycles. The van der Waals surface area contributed by atoms with E-state index < -0.39 is 27.5 Å². The van der Waals surface area contributed by atoms with E-state index in [1.54, 1.807) is 12.2 Å². The Morgan fingerprint density at radius 1 is 1.42 bits per heavy atom. The summed E-state index contributed by atoms with van der Waals surface area (Å²) in [7, 11) is -2.33. The number of amides is 1. The molecule has 0 saturated carbocycles. The molecule has 1 aliphatic rings. The van der Waals surface area contributed by atoms with Gasteiger partial charge in [-0.1, -0.05) is 11.6 Å². The molecule has 134 valence electrons. The van der Waals surface area contributed by atoms with Crippen LogP contribution in [-0.4, -0.2) is 39.6 Å². The quantitative estimate of drug-likeness (QED) is 0.820. The molecule has 2 rings (SSSR count). The molecule has 0 unspecified atom stereocenters. The molecule has 6 nitrogen and oxygen atoms in total. The van der Waals surface area contributed by atoms with Crippen molar-refractivity contribution in [1.29, 1.82) is 0 Å². The second-order valence-corrected chi connectivity index (χ2v) is 7.91. The van der Waals surface area contributed by atoms with Crippen LogP contribution in [0.5, 0.6) is 0 Å². The zero-order valence-electron chi connectivity index (χ0n) is 13.3. The Balaban J connectivity index is 1.89. The Bertz CT molecular complexity index is 691. The van der Waals surface area contributed by atoms with E-state index in [0.29, 0.717) is 13.1 Å². The first kappa shape index (κ1) is 19.1. The average Bonchev–Trinajstić information content (AvgIpc) is 2.50. The fourth-order valence-electron chi connectivity index (χ4n) is 2.67. The highest BCUT2D eigenvalue weighted by molar-refractivity contribution is 7.89. The van der Waals surface area contributed by atoms with Gasteiger partial charge in [-0.05, 0) is 42.5 Å². The molecule has 1 heterocycles. The zero-order valence-corrected chi connectivity index (χ0v) is 14.9. The fourth-order valence-corrected chi connectivity index (χ4v) is 4.08. The van der Waals surface area contributed by atoms with Gasteiger partial charge in [-0.2, -0.15) is 5.06 Å². The van der Waals surface area contributed by atoms with Gasteiger partial charge >= 0.3 is 0 Å². The van der Waals surface area contributed by atoms with Crippen molar-refractivity contribution in [3.8, 4) is 0 Å². The molecule has 1 N–H and O–H groups in total. The first-order chi connectivity index (χ1) is 11.3. The topological polar surface area (TPSA) is 75.7 Å². The summed E-state index contributed by atoms with van der Waals surface area (Å²) in [4.78, 5) is 17.1. The van der Waals surface area contributed by atoms with Gasteiger partial charge < -0.3 is 4.84 Å². The number of sulfonamides is 1. The number of benzene rings is 1. The van der Waals surface area contributed by atoms with Crippen LogP contribution in [0.2, 0.25) is 5.02 Å². The predicted octanol–water partition coefficient (Wildman–Crippen LogP) is 2.09. The first-order valence-electron chi connectivity index (χ1n) is 7.55. The number of carbonyl (C=O) groups excluding carboxylic acids is 1. The lowest BCUT2D eigenvalue weighted by molar-refractivity contribution is -0.149. The molecule has 1 aromatic rings. The van der Waals surface area contributed by atoms with E-state index in [2.05, 4.69) is 0 Å². The third kappa shape index (κ3) is 5.70. The summed E-state index contributed by atoms with van der Waals surface area (Å²) in [5.41, 5.74) is 0.116. The van der Waals surface area contributed by atoms with Crippen LogP contribution in [0.3, 0.4) is 0 Å². The second kappa shape index (κ2) is 8.24. The fraction of sp³-hybridized carbons (Fsp3) is 0.533. The van der Waals surface area contributed by atoms with Gasteiger partial charge in [-0.3, -0.25) is 9.52 Å². The van der Waals surface area contributed by atoms with Crippen molar-refractivity contribution < 1.29 is 22.4 Å². The molecule has 24 heavy (non-hydrogen) atoms. The number of nitrogens with zero attached hydrogens (tertiary/aromatic N) is 1. The van der Waals surface area contributed by atoms with Crippen LogP contribution in [0, 0.1) is 11.7 Å². The molecular weight excluding hydrogens is 359 g/mol. The van der Waals surface area contributed by atoms with Gasteiger partial charge in [0.1, 0.15) is 5.82 Å². The van der Waals surface area contributed by atoms with Crippen molar-refractivity contribution >= 4 is 27.5 Å². The Hall–Kier alpha value is -1.22. The third-order valence-corrected chi connectivity index (χ3v) is 5.53. The summed E-state index contributed by atoms with van der Waals surface area (Å²) in [5.74, 6) is -1.57. The number of carbonyl (C=O) groups is 1. The van der Waals surface area contributed by atoms with Crippen LogP contribution in [0.25, 0.3) is 0 Å². The number of hydrogen-bond donors (Lipinski definition) is 1. The number of nitrogens with one attached hydrogen (secondary N) is 1. The maximum absolute atomic E-state index is 13.2. The van der Waals surface area contributed by atoms with Crippen molar-refractivity contribution in [3.05, 3.63) is 34.6 Å². The van der Waals surface area contributed by atoms with Crippen LogP contribution in [0.4, 0.5) is 4.39 Å². The molecule has 1 aromatic carbocycles. The summed E-state index contributed by atoms with van der Waals surface area (Å²) < 4.78 is 39.4. The minimum atomic E-state index is -3.93. The van der Waals surface area contributed by atoms with Crippen LogP contribution in [0.1, 0.15) is 24.8 Å². The molecule has 1 saturated heterocycles. The molecule has 0 bridgehead atoms. The third-order valence-electron chi connectivity index (χ3n) is 3.93. The number of hydroxylamine groups is 2. The highest BCUT2D eigenvalue weighted by Crippen LogP contribution is 2.21. The number of halogens is 2. The van der Waals surface area contributed by atoms with E-state index in [0.717, 1.165) is 25.0 Å². The summed E-state index contributed by atoms with van der Waals surface area (Å²) in [6.45, 7) is 1.42. The van der Waals surface area contributed by atoms with Crippen molar-refractivity contribution in [1.82, 2.24) is 9.79 Å². The summed E-state index contributed by atoms with van der Waals surface area (Å²) in [6.07, 6.45) is 1.65. The monoisotopic (exact) mass is 378 g/mol. The van der Waals surface area contributed by atoms with Crippen molar-refractivity contribution in [3.63, 3.8) is 0 Å². The van der Waals surface area contributed by atoms with Gasteiger partial charge in [0.25, 0.3) is 0 Å². The van der Waals surface area contributed by atoms with E-state index in [4.69, 9.17) is 16.4 Å². The highest BCUT2D eigenvalue weighted by atomic mass is 35.5. The Kier molecular flexibility index (Phi) is 6.56. The normalized spacial score (nSPS) is 17.0. The molecular formula is C15H20ClFN2O4S. The molecule has 1 amide bonds. The van der Waals surface area contributed by atoms with Crippen molar-refractivity contribution in [2.75, 3.05) is 20.2 Å². The molecule has 0 radical (unpaired) electrons. The zero-order chi connectivity index (χ0) is 17.7. The maximum atomic E-state index is 13.2. The number of rotatable bonds is 6. The Labute approximate surface area is 145 Å². The van der Waals surface area contributed by atoms with Gasteiger partial charge in [0.15, 0.2) is 0 Å². The summed E-state index contributed by atoms with van der Waals surface area (Å²) in [6, 6.07) is 3.48.